The molecule has 0 aliphatic heterocycles. The van der Waals surface area contributed by atoms with E-state index >= 15 is 0 Å². The highest BCUT2D eigenvalue weighted by molar-refractivity contribution is 9.09. The van der Waals surface area contributed by atoms with Gasteiger partial charge in [0.2, 0.25) is 0 Å². The molecule has 0 bridgehead atoms. The average molecular weight is 333 g/mol. The molecule has 0 saturated heterocycles. The summed E-state index contributed by atoms with van der Waals surface area (Å²) in [6.07, 6.45) is 2.16. The molecule has 2 aromatic rings. The number of methoxy groups -OCH3 is 1. The number of alkyl halides is 1. The number of hydrogen-bond acceptors (Lipinski definition) is 1. The average Bonchev–Trinajstić information content (AvgIpc) is 2.45. The van der Waals surface area contributed by atoms with Gasteiger partial charge in [-0.3, -0.25) is 0 Å². The Labute approximate surface area is 130 Å². The largest absolute Gasteiger partial charge is 0.497 e. The van der Waals surface area contributed by atoms with E-state index in [1.807, 2.05) is 12.1 Å². The lowest BCUT2D eigenvalue weighted by molar-refractivity contribution is 0.414. The summed E-state index contributed by atoms with van der Waals surface area (Å²) in [5, 5.41) is 0. The van der Waals surface area contributed by atoms with Crippen LogP contribution in [0.5, 0.6) is 5.75 Å². The van der Waals surface area contributed by atoms with Crippen molar-refractivity contribution in [3.05, 3.63) is 64.7 Å². The molecule has 106 valence electrons. The molecule has 0 radical (unpaired) electrons. The molecule has 0 amide bonds. The minimum absolute atomic E-state index is 0.408. The molecule has 1 unspecified atom stereocenters. The number of aryl methyl sites for hydroxylation is 3. The normalized spacial score (nSPS) is 12.2. The lowest BCUT2D eigenvalue weighted by Gasteiger charge is -2.14. The minimum atomic E-state index is 0.408. The van der Waals surface area contributed by atoms with Crippen LogP contribution >= 0.6 is 15.9 Å². The highest BCUT2D eigenvalue weighted by Crippen LogP contribution is 2.31. The highest BCUT2D eigenvalue weighted by atomic mass is 79.9. The number of halogens is 1. The summed E-state index contributed by atoms with van der Waals surface area (Å²) >= 11 is 3.82. The van der Waals surface area contributed by atoms with Crippen LogP contribution in [0.25, 0.3) is 0 Å². The number of benzene rings is 2. The number of ether oxygens (including phenoxy) is 1. The molecule has 0 aromatic heterocycles. The van der Waals surface area contributed by atoms with Gasteiger partial charge in [-0.25, -0.2) is 0 Å². The van der Waals surface area contributed by atoms with E-state index < -0.39 is 0 Å². The van der Waals surface area contributed by atoms with Gasteiger partial charge in [0.1, 0.15) is 5.75 Å². The summed E-state index contributed by atoms with van der Waals surface area (Å²) in [6, 6.07) is 15.0. The van der Waals surface area contributed by atoms with Crippen LogP contribution in [0.1, 0.15) is 33.5 Å². The second-order valence-corrected chi connectivity index (χ2v) is 6.32. The van der Waals surface area contributed by atoms with E-state index in [-0.39, 0.29) is 0 Å². The Hall–Kier alpha value is -1.28. The van der Waals surface area contributed by atoms with Gasteiger partial charge in [-0.05, 0) is 55.5 Å². The van der Waals surface area contributed by atoms with E-state index in [9.17, 15) is 0 Å². The summed E-state index contributed by atoms with van der Waals surface area (Å²) in [6.45, 7) is 4.32. The number of rotatable bonds is 5. The minimum Gasteiger partial charge on any atom is -0.497 e. The summed E-state index contributed by atoms with van der Waals surface area (Å²) in [7, 11) is 1.70. The fourth-order valence-electron chi connectivity index (χ4n) is 2.42. The molecule has 0 aliphatic rings. The Morgan fingerprint density at radius 1 is 1.05 bits per heavy atom. The Morgan fingerprint density at radius 2 is 1.75 bits per heavy atom. The van der Waals surface area contributed by atoms with Crippen LogP contribution in [0, 0.1) is 13.8 Å². The molecular formula is C18H21BrO. The van der Waals surface area contributed by atoms with E-state index in [0.29, 0.717) is 4.83 Å². The first-order chi connectivity index (χ1) is 9.60. The Morgan fingerprint density at radius 3 is 2.35 bits per heavy atom. The number of hydrogen-bond donors (Lipinski definition) is 0. The van der Waals surface area contributed by atoms with Crippen molar-refractivity contribution in [3.63, 3.8) is 0 Å². The van der Waals surface area contributed by atoms with E-state index in [1.54, 1.807) is 7.11 Å². The van der Waals surface area contributed by atoms with Gasteiger partial charge in [0.05, 0.1) is 7.11 Å². The molecule has 0 heterocycles. The van der Waals surface area contributed by atoms with E-state index in [0.717, 1.165) is 18.6 Å². The van der Waals surface area contributed by atoms with Crippen molar-refractivity contribution in [2.45, 2.75) is 31.5 Å². The van der Waals surface area contributed by atoms with Crippen molar-refractivity contribution in [3.8, 4) is 5.75 Å². The smallest absolute Gasteiger partial charge is 0.118 e. The van der Waals surface area contributed by atoms with Gasteiger partial charge in [0, 0.05) is 4.83 Å². The highest BCUT2D eigenvalue weighted by Gasteiger charge is 2.10. The molecular weight excluding hydrogens is 312 g/mol. The molecule has 2 heteroatoms. The maximum Gasteiger partial charge on any atom is 0.118 e. The molecule has 0 aliphatic carbocycles. The van der Waals surface area contributed by atoms with Gasteiger partial charge in [-0.1, -0.05) is 51.8 Å². The fourth-order valence-corrected chi connectivity index (χ4v) is 3.16. The van der Waals surface area contributed by atoms with Crippen LogP contribution in [-0.4, -0.2) is 7.11 Å². The van der Waals surface area contributed by atoms with Crippen LogP contribution in [0.15, 0.2) is 42.5 Å². The first-order valence-corrected chi connectivity index (χ1v) is 7.86. The second kappa shape index (κ2) is 6.94. The molecule has 2 rings (SSSR count). The third-order valence-electron chi connectivity index (χ3n) is 3.61. The van der Waals surface area contributed by atoms with E-state index in [1.165, 1.54) is 22.3 Å². The second-order valence-electron chi connectivity index (χ2n) is 5.21. The van der Waals surface area contributed by atoms with Gasteiger partial charge >= 0.3 is 0 Å². The quantitative estimate of drug-likeness (QED) is 0.668. The van der Waals surface area contributed by atoms with Gasteiger partial charge in [0.15, 0.2) is 0 Å². The maximum atomic E-state index is 5.18. The van der Waals surface area contributed by atoms with E-state index in [4.69, 9.17) is 4.74 Å². The first-order valence-electron chi connectivity index (χ1n) is 6.94. The van der Waals surface area contributed by atoms with Crippen LogP contribution in [-0.2, 0) is 6.42 Å². The lowest BCUT2D eigenvalue weighted by atomic mass is 9.99. The zero-order chi connectivity index (χ0) is 14.5. The predicted molar refractivity (Wildman–Crippen MR) is 88.9 cm³/mol. The molecule has 2 aromatic carbocycles. The molecule has 20 heavy (non-hydrogen) atoms. The van der Waals surface area contributed by atoms with Crippen LogP contribution in [0.2, 0.25) is 0 Å². The Bertz CT molecular complexity index is 560. The zero-order valence-electron chi connectivity index (χ0n) is 12.3. The topological polar surface area (TPSA) is 9.23 Å². The predicted octanol–water partition coefficient (Wildman–Crippen LogP) is 5.38. The van der Waals surface area contributed by atoms with Crippen molar-refractivity contribution >= 4 is 15.9 Å². The molecule has 1 atom stereocenters. The third kappa shape index (κ3) is 3.86. The maximum absolute atomic E-state index is 5.18. The van der Waals surface area contributed by atoms with Crippen molar-refractivity contribution in [2.24, 2.45) is 0 Å². The lowest BCUT2D eigenvalue weighted by Crippen LogP contribution is -1.97. The summed E-state index contributed by atoms with van der Waals surface area (Å²) in [5.74, 6) is 0.915. The molecule has 0 saturated carbocycles. The van der Waals surface area contributed by atoms with Gasteiger partial charge in [0.25, 0.3) is 0 Å². The summed E-state index contributed by atoms with van der Waals surface area (Å²) in [5.41, 5.74) is 5.42. The summed E-state index contributed by atoms with van der Waals surface area (Å²) < 4.78 is 5.18. The Kier molecular flexibility index (Phi) is 5.24. The molecule has 0 spiro atoms. The van der Waals surface area contributed by atoms with Gasteiger partial charge in [-0.15, -0.1) is 0 Å². The standard InChI is InChI=1S/C18H21BrO/c1-13-4-10-17(14(2)12-13)18(19)11-7-15-5-8-16(20-3)9-6-15/h4-6,8-10,12,18H,7,11H2,1-3H3. The van der Waals surface area contributed by atoms with E-state index in [2.05, 4.69) is 60.1 Å². The van der Waals surface area contributed by atoms with Crippen molar-refractivity contribution in [2.75, 3.05) is 7.11 Å². The van der Waals surface area contributed by atoms with Crippen LogP contribution < -0.4 is 4.74 Å². The fraction of sp³-hybridized carbons (Fsp3) is 0.333. The monoisotopic (exact) mass is 332 g/mol. The SMILES string of the molecule is COc1ccc(CCC(Br)c2ccc(C)cc2C)cc1. The Balaban J connectivity index is 1.98. The first kappa shape index (κ1) is 15.1. The summed E-state index contributed by atoms with van der Waals surface area (Å²) in [4.78, 5) is 0.408. The third-order valence-corrected chi connectivity index (χ3v) is 4.56. The molecule has 1 nitrogen and oxygen atoms in total. The van der Waals surface area contributed by atoms with Gasteiger partial charge < -0.3 is 4.74 Å². The van der Waals surface area contributed by atoms with Crippen molar-refractivity contribution in [1.29, 1.82) is 0 Å². The van der Waals surface area contributed by atoms with Crippen molar-refractivity contribution < 1.29 is 4.74 Å². The van der Waals surface area contributed by atoms with Crippen molar-refractivity contribution in [1.82, 2.24) is 0 Å². The molecule has 0 fully saturated rings. The van der Waals surface area contributed by atoms with Crippen LogP contribution in [0.4, 0.5) is 0 Å². The van der Waals surface area contributed by atoms with Crippen LogP contribution in [0.3, 0.4) is 0 Å². The molecule has 0 N–H and O–H groups in total. The zero-order valence-corrected chi connectivity index (χ0v) is 13.9. The van der Waals surface area contributed by atoms with Gasteiger partial charge in [-0.2, -0.15) is 0 Å².